The Kier molecular flexibility index (Phi) is 8.17. The minimum Gasteiger partial charge on any atom is -0.480 e. The molecule has 0 aliphatic heterocycles. The van der Waals surface area contributed by atoms with Crippen LogP contribution in [0.5, 0.6) is 0 Å². The van der Waals surface area contributed by atoms with Crippen LogP contribution in [0.4, 0.5) is 5.69 Å². The van der Waals surface area contributed by atoms with Crippen LogP contribution in [-0.2, 0) is 20.7 Å². The number of carboxylic acids is 1. The Balaban J connectivity index is 1.94. The van der Waals surface area contributed by atoms with Crippen LogP contribution in [-0.4, -0.2) is 42.1 Å². The van der Waals surface area contributed by atoms with Crippen LogP contribution in [0.25, 0.3) is 0 Å². The molecule has 7 nitrogen and oxygen atoms in total. The molecule has 0 heterocycles. The molecule has 2 aromatic rings. The fourth-order valence-electron chi connectivity index (χ4n) is 2.65. The number of carboxylic acid groups (broad SMARTS) is 1. The van der Waals surface area contributed by atoms with E-state index in [1.54, 1.807) is 31.2 Å². The van der Waals surface area contributed by atoms with Crippen molar-refractivity contribution in [1.29, 1.82) is 0 Å². The van der Waals surface area contributed by atoms with Crippen molar-refractivity contribution < 1.29 is 24.2 Å². The van der Waals surface area contributed by atoms with Gasteiger partial charge in [-0.05, 0) is 37.6 Å². The van der Waals surface area contributed by atoms with Gasteiger partial charge in [0.1, 0.15) is 6.04 Å². The van der Waals surface area contributed by atoms with E-state index >= 15 is 0 Å². The van der Waals surface area contributed by atoms with Crippen molar-refractivity contribution in [3.05, 3.63) is 65.7 Å². The van der Waals surface area contributed by atoms with Gasteiger partial charge in [0.25, 0.3) is 0 Å². The fourth-order valence-corrected chi connectivity index (χ4v) is 2.65. The molecule has 7 heteroatoms. The van der Waals surface area contributed by atoms with Gasteiger partial charge in [-0.3, -0.25) is 9.59 Å². The molecule has 2 aromatic carbocycles. The van der Waals surface area contributed by atoms with E-state index in [4.69, 9.17) is 4.74 Å². The number of amides is 1. The first-order valence-corrected chi connectivity index (χ1v) is 9.07. The third kappa shape index (κ3) is 6.51. The van der Waals surface area contributed by atoms with Gasteiger partial charge in [-0.2, -0.15) is 0 Å². The fraction of sp³-hybridized carbons (Fsp3) is 0.286. The number of aliphatic carboxylic acids is 1. The Morgan fingerprint density at radius 2 is 1.71 bits per heavy atom. The maximum Gasteiger partial charge on any atom is 0.340 e. The number of nitrogens with one attached hydrogen (secondary N) is 2. The molecule has 0 aromatic heterocycles. The highest BCUT2D eigenvalue weighted by Gasteiger charge is 2.22. The van der Waals surface area contributed by atoms with Gasteiger partial charge in [0.05, 0.1) is 24.3 Å². The lowest BCUT2D eigenvalue weighted by atomic mass is 10.1. The van der Waals surface area contributed by atoms with Gasteiger partial charge >= 0.3 is 11.9 Å². The first-order valence-electron chi connectivity index (χ1n) is 9.07. The largest absolute Gasteiger partial charge is 0.480 e. The zero-order chi connectivity index (χ0) is 20.4. The molecule has 0 spiro atoms. The zero-order valence-electron chi connectivity index (χ0n) is 15.7. The molecule has 0 radical (unpaired) electrons. The predicted octanol–water partition coefficient (Wildman–Crippen LogP) is 2.48. The molecular formula is C21H24N2O5. The normalized spacial score (nSPS) is 11.5. The molecule has 1 amide bonds. The van der Waals surface area contributed by atoms with Gasteiger partial charge < -0.3 is 20.5 Å². The number of hydrogen-bond acceptors (Lipinski definition) is 5. The number of carbonyl (C=O) groups excluding carboxylic acids is 2. The summed E-state index contributed by atoms with van der Waals surface area (Å²) in [6, 6.07) is 15.1. The smallest absolute Gasteiger partial charge is 0.340 e. The second kappa shape index (κ2) is 10.8. The number of para-hydroxylation sites is 1. The van der Waals surface area contributed by atoms with E-state index in [9.17, 15) is 19.5 Å². The van der Waals surface area contributed by atoms with Gasteiger partial charge in [-0.25, -0.2) is 4.79 Å². The quantitative estimate of drug-likeness (QED) is 0.544. The molecule has 0 aliphatic rings. The summed E-state index contributed by atoms with van der Waals surface area (Å²) in [5.74, 6) is -2.16. The van der Waals surface area contributed by atoms with E-state index in [1.165, 1.54) is 0 Å². The molecule has 1 unspecified atom stereocenters. The van der Waals surface area contributed by atoms with Crippen LogP contribution >= 0.6 is 0 Å². The van der Waals surface area contributed by atoms with Crippen molar-refractivity contribution in [3.8, 4) is 0 Å². The average molecular weight is 384 g/mol. The summed E-state index contributed by atoms with van der Waals surface area (Å²) in [7, 11) is 0. The van der Waals surface area contributed by atoms with Crippen molar-refractivity contribution in [3.63, 3.8) is 0 Å². The number of hydrogen-bond donors (Lipinski definition) is 3. The topological polar surface area (TPSA) is 105 Å². The minimum absolute atomic E-state index is 0.216. The van der Waals surface area contributed by atoms with Gasteiger partial charge in [0.2, 0.25) is 5.91 Å². The van der Waals surface area contributed by atoms with Crippen molar-refractivity contribution in [2.24, 2.45) is 0 Å². The van der Waals surface area contributed by atoms with Gasteiger partial charge in [0, 0.05) is 0 Å². The maximum atomic E-state index is 12.3. The third-order valence-corrected chi connectivity index (χ3v) is 4.03. The highest BCUT2D eigenvalue weighted by atomic mass is 16.5. The molecule has 3 N–H and O–H groups in total. The summed E-state index contributed by atoms with van der Waals surface area (Å²) in [4.78, 5) is 35.8. The molecule has 0 fully saturated rings. The third-order valence-electron chi connectivity index (χ3n) is 4.03. The maximum absolute atomic E-state index is 12.3. The van der Waals surface area contributed by atoms with E-state index in [0.29, 0.717) is 18.7 Å². The standard InChI is InChI=1S/C21H24N2O5/c1-2-28-21(27)16-10-6-7-11-17(16)23-19(24)14-18(20(25)26)22-13-12-15-8-4-3-5-9-15/h3-11,18,22H,2,12-14H2,1H3,(H,23,24)(H,25,26). The number of anilines is 1. The lowest BCUT2D eigenvalue weighted by Crippen LogP contribution is -2.40. The Hall–Kier alpha value is -3.19. The molecular weight excluding hydrogens is 360 g/mol. The summed E-state index contributed by atoms with van der Waals surface area (Å²) >= 11 is 0. The van der Waals surface area contributed by atoms with Crippen LogP contribution in [0.3, 0.4) is 0 Å². The van der Waals surface area contributed by atoms with Crippen molar-refractivity contribution in [1.82, 2.24) is 5.32 Å². The molecule has 148 valence electrons. The van der Waals surface area contributed by atoms with E-state index < -0.39 is 23.9 Å². The first-order chi connectivity index (χ1) is 13.5. The molecule has 0 saturated carbocycles. The highest BCUT2D eigenvalue weighted by Crippen LogP contribution is 2.17. The van der Waals surface area contributed by atoms with Crippen molar-refractivity contribution >= 4 is 23.5 Å². The van der Waals surface area contributed by atoms with E-state index in [0.717, 1.165) is 5.56 Å². The number of rotatable bonds is 10. The SMILES string of the molecule is CCOC(=O)c1ccccc1NC(=O)CC(NCCc1ccccc1)C(=O)O. The van der Waals surface area contributed by atoms with Crippen LogP contribution in [0.2, 0.25) is 0 Å². The highest BCUT2D eigenvalue weighted by molar-refractivity contribution is 6.02. The zero-order valence-corrected chi connectivity index (χ0v) is 15.7. The lowest BCUT2D eigenvalue weighted by Gasteiger charge is -2.15. The van der Waals surface area contributed by atoms with Crippen LogP contribution in [0, 0.1) is 0 Å². The Morgan fingerprint density at radius 3 is 2.39 bits per heavy atom. The summed E-state index contributed by atoms with van der Waals surface area (Å²) in [6.07, 6.45) is 0.388. The van der Waals surface area contributed by atoms with Gasteiger partial charge in [-0.15, -0.1) is 0 Å². The van der Waals surface area contributed by atoms with Crippen LogP contribution in [0.15, 0.2) is 54.6 Å². The summed E-state index contributed by atoms with van der Waals surface area (Å²) in [5.41, 5.74) is 1.59. The van der Waals surface area contributed by atoms with E-state index in [-0.39, 0.29) is 18.6 Å². The molecule has 0 aliphatic carbocycles. The molecule has 0 bridgehead atoms. The van der Waals surface area contributed by atoms with E-state index in [2.05, 4.69) is 10.6 Å². The Bertz CT molecular complexity index is 807. The molecule has 1 atom stereocenters. The number of esters is 1. The van der Waals surface area contributed by atoms with Gasteiger partial charge in [-0.1, -0.05) is 42.5 Å². The average Bonchev–Trinajstić information content (AvgIpc) is 2.68. The van der Waals surface area contributed by atoms with Gasteiger partial charge in [0.15, 0.2) is 0 Å². The van der Waals surface area contributed by atoms with Crippen LogP contribution in [0.1, 0.15) is 29.3 Å². The lowest BCUT2D eigenvalue weighted by molar-refractivity contribution is -0.141. The number of benzene rings is 2. The summed E-state index contributed by atoms with van der Waals surface area (Å²) < 4.78 is 4.97. The molecule has 2 rings (SSSR count). The monoisotopic (exact) mass is 384 g/mol. The van der Waals surface area contributed by atoms with Crippen molar-refractivity contribution in [2.45, 2.75) is 25.8 Å². The van der Waals surface area contributed by atoms with Crippen molar-refractivity contribution in [2.75, 3.05) is 18.5 Å². The second-order valence-electron chi connectivity index (χ2n) is 6.10. The molecule has 28 heavy (non-hydrogen) atoms. The Labute approximate surface area is 163 Å². The number of ether oxygens (including phenoxy) is 1. The van der Waals surface area contributed by atoms with E-state index in [1.807, 2.05) is 30.3 Å². The predicted molar refractivity (Wildman–Crippen MR) is 105 cm³/mol. The first kappa shape index (κ1) is 21.1. The summed E-state index contributed by atoms with van der Waals surface area (Å²) in [5, 5.41) is 14.9. The summed E-state index contributed by atoms with van der Waals surface area (Å²) in [6.45, 7) is 2.33. The number of carbonyl (C=O) groups is 3. The van der Waals surface area contributed by atoms with Crippen LogP contribution < -0.4 is 10.6 Å². The molecule has 0 saturated heterocycles. The Morgan fingerprint density at radius 1 is 1.04 bits per heavy atom. The minimum atomic E-state index is -1.11. The second-order valence-corrected chi connectivity index (χ2v) is 6.10.